The molecule has 1 fully saturated rings. The summed E-state index contributed by atoms with van der Waals surface area (Å²) in [6, 6.07) is 10.2. The largest absolute Gasteiger partial charge is 0.507 e. The van der Waals surface area contributed by atoms with Crippen molar-refractivity contribution >= 4 is 28.8 Å². The smallest absolute Gasteiger partial charge is 0.295 e. The van der Waals surface area contributed by atoms with E-state index in [1.807, 2.05) is 24.4 Å². The van der Waals surface area contributed by atoms with Crippen molar-refractivity contribution in [3.63, 3.8) is 0 Å². The Hall–Kier alpha value is -2.60. The van der Waals surface area contributed by atoms with Gasteiger partial charge in [0, 0.05) is 17.0 Å². The molecule has 2 heterocycles. The second kappa shape index (κ2) is 8.61. The van der Waals surface area contributed by atoms with Gasteiger partial charge in [-0.15, -0.1) is 11.3 Å². The zero-order valence-corrected chi connectivity index (χ0v) is 17.2. The molecule has 1 atom stereocenters. The number of thiophene rings is 1. The van der Waals surface area contributed by atoms with Crippen LogP contribution in [0.15, 0.2) is 47.4 Å². The van der Waals surface area contributed by atoms with Crippen LogP contribution in [0, 0.1) is 5.92 Å². The fourth-order valence-corrected chi connectivity index (χ4v) is 4.07. The molecule has 1 aromatic carbocycles. The molecule has 0 radical (unpaired) electrons. The monoisotopic (exact) mass is 399 g/mol. The molecule has 0 spiro atoms. The molecule has 1 amide bonds. The molecule has 1 aromatic heterocycles. The summed E-state index contributed by atoms with van der Waals surface area (Å²) in [6.07, 6.45) is 0.733. The number of ketones is 1. The highest BCUT2D eigenvalue weighted by molar-refractivity contribution is 7.10. The van der Waals surface area contributed by atoms with Crippen LogP contribution in [0.2, 0.25) is 0 Å². The molecule has 1 aliphatic rings. The number of nitrogens with zero attached hydrogens (tertiary/aromatic N) is 1. The minimum Gasteiger partial charge on any atom is -0.507 e. The average Bonchev–Trinajstić information content (AvgIpc) is 3.29. The van der Waals surface area contributed by atoms with Crippen LogP contribution in [0.3, 0.4) is 0 Å². The van der Waals surface area contributed by atoms with Crippen LogP contribution in [-0.2, 0) is 9.59 Å². The molecule has 5 nitrogen and oxygen atoms in total. The highest BCUT2D eigenvalue weighted by atomic mass is 32.1. The number of amides is 1. The number of hydrogen-bond acceptors (Lipinski definition) is 5. The maximum Gasteiger partial charge on any atom is 0.295 e. The molecular formula is C22H25NO4S. The van der Waals surface area contributed by atoms with E-state index in [0.29, 0.717) is 30.4 Å². The van der Waals surface area contributed by atoms with Crippen LogP contribution in [0.4, 0.5) is 0 Å². The van der Waals surface area contributed by atoms with Crippen LogP contribution in [0.25, 0.3) is 5.76 Å². The third-order valence-electron chi connectivity index (χ3n) is 4.53. The van der Waals surface area contributed by atoms with E-state index < -0.39 is 17.7 Å². The first kappa shape index (κ1) is 20.1. The van der Waals surface area contributed by atoms with Gasteiger partial charge in [-0.2, -0.15) is 0 Å². The molecule has 1 saturated heterocycles. The topological polar surface area (TPSA) is 66.8 Å². The summed E-state index contributed by atoms with van der Waals surface area (Å²) in [4.78, 5) is 27.7. The molecule has 0 bridgehead atoms. The third-order valence-corrected chi connectivity index (χ3v) is 5.45. The van der Waals surface area contributed by atoms with Crippen LogP contribution in [-0.4, -0.2) is 34.8 Å². The van der Waals surface area contributed by atoms with Crippen LogP contribution in [0.1, 0.15) is 43.7 Å². The van der Waals surface area contributed by atoms with Crippen molar-refractivity contribution < 1.29 is 19.4 Å². The first-order chi connectivity index (χ1) is 13.4. The highest BCUT2D eigenvalue weighted by Gasteiger charge is 2.46. The average molecular weight is 400 g/mol. The highest BCUT2D eigenvalue weighted by Crippen LogP contribution is 2.41. The molecule has 148 valence electrons. The second-order valence-electron chi connectivity index (χ2n) is 7.24. The standard InChI is InChI=1S/C22H25NO4S/c1-4-11-23-19(17-6-5-12-28-17)18(21(25)22(23)26)20(24)15-7-9-16(10-8-15)27-13-14(2)3/h5-10,12,14,19,24H,4,11,13H2,1-3H3/b20-18-. The lowest BCUT2D eigenvalue weighted by Crippen LogP contribution is -2.30. The lowest BCUT2D eigenvalue weighted by molar-refractivity contribution is -0.139. The Labute approximate surface area is 169 Å². The quantitative estimate of drug-likeness (QED) is 0.419. The van der Waals surface area contributed by atoms with Gasteiger partial charge < -0.3 is 14.7 Å². The van der Waals surface area contributed by atoms with E-state index in [4.69, 9.17) is 4.74 Å². The Morgan fingerprint density at radius 1 is 1.21 bits per heavy atom. The number of carbonyl (C=O) groups is 2. The second-order valence-corrected chi connectivity index (χ2v) is 8.22. The van der Waals surface area contributed by atoms with Gasteiger partial charge in [-0.25, -0.2) is 0 Å². The fraction of sp³-hybridized carbons (Fsp3) is 0.364. The Balaban J connectivity index is 1.98. The van der Waals surface area contributed by atoms with E-state index >= 15 is 0 Å². The molecule has 6 heteroatoms. The Morgan fingerprint density at radius 2 is 1.93 bits per heavy atom. The summed E-state index contributed by atoms with van der Waals surface area (Å²) >= 11 is 1.47. The molecule has 0 saturated carbocycles. The first-order valence-electron chi connectivity index (χ1n) is 9.49. The normalized spacial score (nSPS) is 18.9. The Kier molecular flexibility index (Phi) is 6.19. The Morgan fingerprint density at radius 3 is 2.50 bits per heavy atom. The molecule has 28 heavy (non-hydrogen) atoms. The van der Waals surface area contributed by atoms with Crippen LogP contribution in [0.5, 0.6) is 5.75 Å². The number of likely N-dealkylation sites (tertiary alicyclic amines) is 1. The van der Waals surface area contributed by atoms with Gasteiger partial charge in [0.05, 0.1) is 18.2 Å². The summed E-state index contributed by atoms with van der Waals surface area (Å²) < 4.78 is 5.67. The van der Waals surface area contributed by atoms with Gasteiger partial charge in [-0.3, -0.25) is 9.59 Å². The zero-order valence-electron chi connectivity index (χ0n) is 16.3. The van der Waals surface area contributed by atoms with E-state index in [2.05, 4.69) is 13.8 Å². The number of aliphatic hydroxyl groups excluding tert-OH is 1. The lowest BCUT2D eigenvalue weighted by Gasteiger charge is -2.23. The molecule has 0 aliphatic carbocycles. The van der Waals surface area contributed by atoms with E-state index in [-0.39, 0.29) is 11.3 Å². The van der Waals surface area contributed by atoms with Crippen molar-refractivity contribution in [3.8, 4) is 5.75 Å². The van der Waals surface area contributed by atoms with E-state index in [9.17, 15) is 14.7 Å². The number of aliphatic hydroxyl groups is 1. The molecule has 1 aliphatic heterocycles. The van der Waals surface area contributed by atoms with Gasteiger partial charge in [0.15, 0.2) is 0 Å². The molecule has 1 N–H and O–H groups in total. The molecule has 2 aromatic rings. The summed E-state index contributed by atoms with van der Waals surface area (Å²) in [5, 5.41) is 12.8. The zero-order chi connectivity index (χ0) is 20.3. The van der Waals surface area contributed by atoms with Gasteiger partial charge in [-0.05, 0) is 48.1 Å². The van der Waals surface area contributed by atoms with E-state index in [0.717, 1.165) is 11.3 Å². The van der Waals surface area contributed by atoms with Crippen molar-refractivity contribution in [1.29, 1.82) is 0 Å². The minimum atomic E-state index is -0.635. The van der Waals surface area contributed by atoms with Gasteiger partial charge in [-0.1, -0.05) is 26.8 Å². The summed E-state index contributed by atoms with van der Waals surface area (Å²) in [7, 11) is 0. The van der Waals surface area contributed by atoms with Crippen molar-refractivity contribution in [2.24, 2.45) is 5.92 Å². The predicted octanol–water partition coefficient (Wildman–Crippen LogP) is 4.61. The molecule has 1 unspecified atom stereocenters. The van der Waals surface area contributed by atoms with Gasteiger partial charge >= 0.3 is 0 Å². The van der Waals surface area contributed by atoms with Crippen LogP contribution >= 0.6 is 11.3 Å². The number of hydrogen-bond donors (Lipinski definition) is 1. The van der Waals surface area contributed by atoms with Crippen molar-refractivity contribution in [2.45, 2.75) is 33.2 Å². The number of carbonyl (C=O) groups excluding carboxylic acids is 2. The van der Waals surface area contributed by atoms with Gasteiger partial charge in [0.1, 0.15) is 11.5 Å². The SMILES string of the molecule is CCCN1C(=O)C(=O)/C(=C(\O)c2ccc(OCC(C)C)cc2)C1c1cccs1. The Bertz CT molecular complexity index is 868. The van der Waals surface area contributed by atoms with Crippen molar-refractivity contribution in [3.05, 3.63) is 57.8 Å². The number of Topliss-reactive ketones (excluding diaryl/α,β-unsaturated/α-hetero) is 1. The first-order valence-corrected chi connectivity index (χ1v) is 10.4. The summed E-state index contributed by atoms with van der Waals surface area (Å²) in [6.45, 7) is 7.17. The maximum absolute atomic E-state index is 12.7. The van der Waals surface area contributed by atoms with Crippen molar-refractivity contribution in [2.75, 3.05) is 13.2 Å². The number of benzene rings is 1. The van der Waals surface area contributed by atoms with Gasteiger partial charge in [0.2, 0.25) is 0 Å². The van der Waals surface area contributed by atoms with Crippen LogP contribution < -0.4 is 4.74 Å². The van der Waals surface area contributed by atoms with Gasteiger partial charge in [0.25, 0.3) is 11.7 Å². The van der Waals surface area contributed by atoms with E-state index in [1.165, 1.54) is 11.3 Å². The summed E-state index contributed by atoms with van der Waals surface area (Å²) in [5.74, 6) is -0.228. The summed E-state index contributed by atoms with van der Waals surface area (Å²) in [5.41, 5.74) is 0.643. The number of ether oxygens (including phenoxy) is 1. The molecular weight excluding hydrogens is 374 g/mol. The van der Waals surface area contributed by atoms with E-state index in [1.54, 1.807) is 29.2 Å². The predicted molar refractivity (Wildman–Crippen MR) is 110 cm³/mol. The number of rotatable bonds is 7. The fourth-order valence-electron chi connectivity index (χ4n) is 3.22. The lowest BCUT2D eigenvalue weighted by atomic mass is 10.00. The third kappa shape index (κ3) is 3.97. The van der Waals surface area contributed by atoms with Crippen molar-refractivity contribution in [1.82, 2.24) is 4.90 Å². The maximum atomic E-state index is 12.7. The minimum absolute atomic E-state index is 0.147. The molecule has 3 rings (SSSR count).